The molecule has 0 aliphatic rings. The second-order valence-corrected chi connectivity index (χ2v) is 6.60. The largest absolute Gasteiger partial charge is 0.503 e. The maximum atomic E-state index is 12.3. The first-order valence-corrected chi connectivity index (χ1v) is 9.67. The Morgan fingerprint density at radius 2 is 1.46 bits per heavy atom. The van der Waals surface area contributed by atoms with Crippen LogP contribution in [0.3, 0.4) is 0 Å². The maximum absolute atomic E-state index is 12.3. The van der Waals surface area contributed by atoms with E-state index in [9.17, 15) is 14.7 Å². The molecule has 2 N–H and O–H groups in total. The number of nitrogens with one attached hydrogen (secondary N) is 1. The molecule has 0 unspecified atom stereocenters. The summed E-state index contributed by atoms with van der Waals surface area (Å²) in [5.74, 6) is -0.849. The van der Waals surface area contributed by atoms with E-state index in [1.54, 1.807) is 0 Å². The summed E-state index contributed by atoms with van der Waals surface area (Å²) in [6.07, 6.45) is 11.9. The summed E-state index contributed by atoms with van der Waals surface area (Å²) in [6.45, 7) is 2.22. The van der Waals surface area contributed by atoms with Crippen LogP contribution in [0.25, 0.3) is 0 Å². The lowest BCUT2D eigenvalue weighted by Gasteiger charge is -2.11. The van der Waals surface area contributed by atoms with Gasteiger partial charge in [-0.1, -0.05) is 64.7 Å². The van der Waals surface area contributed by atoms with E-state index in [0.717, 1.165) is 12.8 Å². The first-order valence-electron chi connectivity index (χ1n) is 9.67. The van der Waals surface area contributed by atoms with Gasteiger partial charge in [-0.25, -0.2) is 0 Å². The molecule has 1 heterocycles. The topological polar surface area (TPSA) is 88.6 Å². The van der Waals surface area contributed by atoms with Gasteiger partial charge in [0.25, 0.3) is 5.56 Å². The number of ketones is 1. The molecule has 1 rings (SSSR count). The SMILES string of the molecule is CCCCCCCCCCCCC(=O)c1c(O)c(OC)c(OC)[nH]c1=O. The van der Waals surface area contributed by atoms with E-state index < -0.39 is 11.3 Å². The third-order valence-corrected chi connectivity index (χ3v) is 4.56. The zero-order valence-electron chi connectivity index (χ0n) is 16.4. The molecule has 26 heavy (non-hydrogen) atoms. The second-order valence-electron chi connectivity index (χ2n) is 6.60. The van der Waals surface area contributed by atoms with Gasteiger partial charge in [-0.3, -0.25) is 14.6 Å². The van der Waals surface area contributed by atoms with Crippen molar-refractivity contribution in [3.05, 3.63) is 15.9 Å². The molecule has 1 aromatic rings. The molecule has 6 nitrogen and oxygen atoms in total. The van der Waals surface area contributed by atoms with Crippen molar-refractivity contribution in [1.82, 2.24) is 4.98 Å². The minimum atomic E-state index is -0.655. The fourth-order valence-corrected chi connectivity index (χ4v) is 3.04. The Balaban J connectivity index is 2.39. The second kappa shape index (κ2) is 12.4. The molecule has 0 saturated carbocycles. The van der Waals surface area contributed by atoms with E-state index in [1.165, 1.54) is 59.2 Å². The average Bonchev–Trinajstić information content (AvgIpc) is 2.62. The molecule has 0 atom stereocenters. The lowest BCUT2D eigenvalue weighted by Crippen LogP contribution is -2.19. The maximum Gasteiger partial charge on any atom is 0.265 e. The van der Waals surface area contributed by atoms with Gasteiger partial charge in [0.1, 0.15) is 5.56 Å². The number of Topliss-reactive ketones (excluding diaryl/α,β-unsaturated/α-hetero) is 1. The summed E-state index contributed by atoms with van der Waals surface area (Å²) in [4.78, 5) is 26.8. The van der Waals surface area contributed by atoms with Crippen LogP contribution in [0.2, 0.25) is 0 Å². The van der Waals surface area contributed by atoms with Crippen molar-refractivity contribution in [3.8, 4) is 17.4 Å². The summed E-state index contributed by atoms with van der Waals surface area (Å²) >= 11 is 0. The van der Waals surface area contributed by atoms with Crippen LogP contribution in [0.4, 0.5) is 0 Å². The number of carbonyl (C=O) groups excluding carboxylic acids is 1. The number of hydrogen-bond donors (Lipinski definition) is 2. The standard InChI is InChI=1S/C20H33NO5/c1-4-5-6-7-8-9-10-11-12-13-14-15(22)16-17(23)18(25-2)20(26-3)21-19(16)24/h4-14H2,1-3H3,(H2,21,23,24). The Kier molecular flexibility index (Phi) is 10.5. The fraction of sp³-hybridized carbons (Fsp3) is 0.700. The first-order chi connectivity index (χ1) is 12.6. The summed E-state index contributed by atoms with van der Waals surface area (Å²) in [7, 11) is 2.69. The van der Waals surface area contributed by atoms with Crippen LogP contribution in [0.15, 0.2) is 4.79 Å². The number of aromatic nitrogens is 1. The number of hydrogen-bond acceptors (Lipinski definition) is 5. The Labute approximate surface area is 155 Å². The summed E-state index contributed by atoms with van der Waals surface area (Å²) in [6, 6.07) is 0. The molecule has 148 valence electrons. The van der Waals surface area contributed by atoms with Gasteiger partial charge in [0.15, 0.2) is 11.5 Å². The highest BCUT2D eigenvalue weighted by Crippen LogP contribution is 2.35. The zero-order chi connectivity index (χ0) is 19.4. The van der Waals surface area contributed by atoms with Crippen molar-refractivity contribution >= 4 is 5.78 Å². The molecule has 0 aromatic carbocycles. The Morgan fingerprint density at radius 1 is 0.923 bits per heavy atom. The van der Waals surface area contributed by atoms with Crippen molar-refractivity contribution < 1.29 is 19.4 Å². The Hall–Kier alpha value is -1.98. The van der Waals surface area contributed by atoms with E-state index >= 15 is 0 Å². The highest BCUT2D eigenvalue weighted by molar-refractivity contribution is 5.99. The quantitative estimate of drug-likeness (QED) is 0.371. The van der Waals surface area contributed by atoms with Crippen LogP contribution >= 0.6 is 0 Å². The smallest absolute Gasteiger partial charge is 0.265 e. The first kappa shape index (κ1) is 22.1. The van der Waals surface area contributed by atoms with Gasteiger partial charge in [-0.2, -0.15) is 0 Å². The number of methoxy groups -OCH3 is 2. The minimum absolute atomic E-state index is 0.00508. The molecule has 1 aromatic heterocycles. The van der Waals surface area contributed by atoms with Gasteiger partial charge in [0, 0.05) is 6.42 Å². The molecule has 0 bridgehead atoms. The Bertz CT molecular complexity index is 609. The summed E-state index contributed by atoms with van der Waals surface area (Å²) in [5, 5.41) is 10.2. The van der Waals surface area contributed by atoms with Gasteiger partial charge in [-0.15, -0.1) is 0 Å². The van der Waals surface area contributed by atoms with E-state index in [-0.39, 0.29) is 29.4 Å². The molecule has 0 amide bonds. The molecule has 0 saturated heterocycles. The third kappa shape index (κ3) is 6.73. The molecule has 0 fully saturated rings. The molecule has 0 spiro atoms. The number of rotatable bonds is 14. The lowest BCUT2D eigenvalue weighted by atomic mass is 10.0. The number of unbranched alkanes of at least 4 members (excludes halogenated alkanes) is 9. The predicted octanol–water partition coefficient (Wildman–Crippen LogP) is 4.59. The molecule has 0 radical (unpaired) electrons. The van der Waals surface area contributed by atoms with Gasteiger partial charge in [0.05, 0.1) is 14.2 Å². The fourth-order valence-electron chi connectivity index (χ4n) is 3.04. The van der Waals surface area contributed by atoms with Gasteiger partial charge in [-0.05, 0) is 6.42 Å². The third-order valence-electron chi connectivity index (χ3n) is 4.56. The molecule has 0 aliphatic heterocycles. The molecular formula is C20H33NO5. The van der Waals surface area contributed by atoms with Crippen LogP contribution in [0.1, 0.15) is 87.9 Å². The minimum Gasteiger partial charge on any atom is -0.503 e. The molecular weight excluding hydrogens is 334 g/mol. The number of ether oxygens (including phenoxy) is 2. The number of pyridine rings is 1. The van der Waals surface area contributed by atoms with Gasteiger partial charge < -0.3 is 14.6 Å². The Morgan fingerprint density at radius 3 is 1.96 bits per heavy atom. The van der Waals surface area contributed by atoms with Crippen molar-refractivity contribution in [2.45, 2.75) is 77.6 Å². The van der Waals surface area contributed by atoms with E-state index in [1.807, 2.05) is 0 Å². The number of aromatic amines is 1. The van der Waals surface area contributed by atoms with Crippen molar-refractivity contribution in [1.29, 1.82) is 0 Å². The van der Waals surface area contributed by atoms with Crippen LogP contribution in [-0.2, 0) is 0 Å². The van der Waals surface area contributed by atoms with E-state index in [0.29, 0.717) is 6.42 Å². The van der Waals surface area contributed by atoms with Crippen LogP contribution < -0.4 is 15.0 Å². The normalized spacial score (nSPS) is 10.7. The predicted molar refractivity (Wildman–Crippen MR) is 103 cm³/mol. The zero-order valence-corrected chi connectivity index (χ0v) is 16.4. The van der Waals surface area contributed by atoms with Crippen LogP contribution in [0, 0.1) is 0 Å². The number of H-pyrrole nitrogens is 1. The number of aromatic hydroxyl groups is 1. The summed E-state index contributed by atoms with van der Waals surface area (Å²) < 4.78 is 9.97. The molecule has 0 aliphatic carbocycles. The molecule has 6 heteroatoms. The lowest BCUT2D eigenvalue weighted by molar-refractivity contribution is 0.0974. The average molecular weight is 367 g/mol. The van der Waals surface area contributed by atoms with Crippen molar-refractivity contribution in [2.75, 3.05) is 14.2 Å². The monoisotopic (exact) mass is 367 g/mol. The number of carbonyl (C=O) groups is 1. The summed E-state index contributed by atoms with van der Waals surface area (Å²) in [5.41, 5.74) is -0.907. The van der Waals surface area contributed by atoms with Gasteiger partial charge in [0.2, 0.25) is 11.6 Å². The van der Waals surface area contributed by atoms with Crippen molar-refractivity contribution in [2.24, 2.45) is 0 Å². The van der Waals surface area contributed by atoms with E-state index in [2.05, 4.69) is 11.9 Å². The van der Waals surface area contributed by atoms with E-state index in [4.69, 9.17) is 9.47 Å². The van der Waals surface area contributed by atoms with Gasteiger partial charge >= 0.3 is 0 Å². The van der Waals surface area contributed by atoms with Crippen LogP contribution in [0.5, 0.6) is 17.4 Å². The van der Waals surface area contributed by atoms with Crippen LogP contribution in [-0.4, -0.2) is 30.1 Å². The highest BCUT2D eigenvalue weighted by Gasteiger charge is 2.23. The highest BCUT2D eigenvalue weighted by atomic mass is 16.5. The van der Waals surface area contributed by atoms with Crippen molar-refractivity contribution in [3.63, 3.8) is 0 Å².